The molecule has 0 radical (unpaired) electrons. The number of nitrogen functional groups attached to an aromatic ring is 1. The number of benzene rings is 3. The van der Waals surface area contributed by atoms with Gasteiger partial charge in [-0.3, -0.25) is 4.79 Å². The normalized spacial score (nSPS) is 10.7. The molecule has 5 rings (SSSR count). The number of anilines is 2. The number of nitrogens with one attached hydrogen (secondary N) is 1. The number of pyridine rings is 1. The third kappa shape index (κ3) is 4.47. The van der Waals surface area contributed by atoms with Crippen molar-refractivity contribution in [3.05, 3.63) is 104 Å². The van der Waals surface area contributed by atoms with Crippen molar-refractivity contribution in [1.82, 2.24) is 15.0 Å². The van der Waals surface area contributed by atoms with E-state index < -0.39 is 5.82 Å². The SMILES string of the molecule is C=CC(=O)Nc1cccc(-c2cc(-c3ccc(Oc4ccccn4)cc3F)c(N)c3cncnc23)c1. The van der Waals surface area contributed by atoms with Gasteiger partial charge in [-0.2, -0.15) is 0 Å². The summed E-state index contributed by atoms with van der Waals surface area (Å²) < 4.78 is 21.0. The lowest BCUT2D eigenvalue weighted by atomic mass is 9.93. The summed E-state index contributed by atoms with van der Waals surface area (Å²) >= 11 is 0. The second-order valence-corrected chi connectivity index (χ2v) is 7.86. The minimum absolute atomic E-state index is 0.295. The standard InChI is InChI=1S/C28H20FN5O2/c1-2-25(35)34-18-7-5-6-17(12-18)21-14-22(27(30)23-15-31-16-33-28(21)23)20-10-9-19(13-24(20)29)36-26-8-3-4-11-32-26/h2-16H,1,30H2,(H,34,35). The number of halogens is 1. The van der Waals surface area contributed by atoms with E-state index in [1.54, 1.807) is 67.0 Å². The number of rotatable bonds is 6. The van der Waals surface area contributed by atoms with E-state index >= 15 is 4.39 Å². The smallest absolute Gasteiger partial charge is 0.247 e. The van der Waals surface area contributed by atoms with Crippen LogP contribution in [0.5, 0.6) is 11.6 Å². The number of aromatic nitrogens is 3. The summed E-state index contributed by atoms with van der Waals surface area (Å²) in [6.45, 7) is 3.48. The number of hydrogen-bond acceptors (Lipinski definition) is 6. The highest BCUT2D eigenvalue weighted by atomic mass is 19.1. The Morgan fingerprint density at radius 3 is 2.67 bits per heavy atom. The molecule has 0 aliphatic carbocycles. The van der Waals surface area contributed by atoms with Crippen LogP contribution in [0, 0.1) is 5.82 Å². The van der Waals surface area contributed by atoms with Gasteiger partial charge < -0.3 is 15.8 Å². The average molecular weight is 477 g/mol. The minimum Gasteiger partial charge on any atom is -0.439 e. The molecule has 7 nitrogen and oxygen atoms in total. The van der Waals surface area contributed by atoms with Gasteiger partial charge in [0.1, 0.15) is 17.9 Å². The van der Waals surface area contributed by atoms with E-state index in [9.17, 15) is 4.79 Å². The highest BCUT2D eigenvalue weighted by molar-refractivity contribution is 6.07. The molecule has 5 aromatic rings. The third-order valence-electron chi connectivity index (χ3n) is 5.55. The molecule has 0 spiro atoms. The van der Waals surface area contributed by atoms with Gasteiger partial charge in [-0.15, -0.1) is 0 Å². The minimum atomic E-state index is -0.510. The van der Waals surface area contributed by atoms with E-state index in [0.717, 1.165) is 5.56 Å². The second kappa shape index (κ2) is 9.63. The van der Waals surface area contributed by atoms with Crippen LogP contribution in [0.15, 0.2) is 98.1 Å². The van der Waals surface area contributed by atoms with E-state index in [-0.39, 0.29) is 5.91 Å². The van der Waals surface area contributed by atoms with Crippen LogP contribution in [0.4, 0.5) is 15.8 Å². The largest absolute Gasteiger partial charge is 0.439 e. The average Bonchev–Trinajstić information content (AvgIpc) is 2.90. The molecule has 1 amide bonds. The van der Waals surface area contributed by atoms with Crippen molar-refractivity contribution in [2.75, 3.05) is 11.1 Å². The summed E-state index contributed by atoms with van der Waals surface area (Å²) in [4.78, 5) is 24.4. The molecule has 36 heavy (non-hydrogen) atoms. The van der Waals surface area contributed by atoms with Crippen LogP contribution in [-0.4, -0.2) is 20.9 Å². The maximum absolute atomic E-state index is 15.4. The highest BCUT2D eigenvalue weighted by Gasteiger charge is 2.17. The van der Waals surface area contributed by atoms with Crippen LogP contribution < -0.4 is 15.8 Å². The molecule has 0 aliphatic heterocycles. The predicted molar refractivity (Wildman–Crippen MR) is 138 cm³/mol. The van der Waals surface area contributed by atoms with Crippen molar-refractivity contribution in [3.63, 3.8) is 0 Å². The number of nitrogens with two attached hydrogens (primary N) is 1. The van der Waals surface area contributed by atoms with Crippen molar-refractivity contribution in [1.29, 1.82) is 0 Å². The fourth-order valence-electron chi connectivity index (χ4n) is 3.88. The number of carbonyl (C=O) groups is 1. The van der Waals surface area contributed by atoms with E-state index in [1.165, 1.54) is 18.5 Å². The van der Waals surface area contributed by atoms with Crippen LogP contribution in [0.2, 0.25) is 0 Å². The Labute approximate surface area is 206 Å². The molecule has 0 atom stereocenters. The number of carbonyl (C=O) groups excluding carboxylic acids is 1. The first kappa shape index (κ1) is 22.7. The number of nitrogens with zero attached hydrogens (tertiary/aromatic N) is 3. The second-order valence-electron chi connectivity index (χ2n) is 7.86. The Balaban J connectivity index is 1.62. The molecule has 0 fully saturated rings. The van der Waals surface area contributed by atoms with Crippen LogP contribution in [0.25, 0.3) is 33.2 Å². The molecule has 176 valence electrons. The quantitative estimate of drug-likeness (QED) is 0.230. The molecule has 2 aromatic heterocycles. The van der Waals surface area contributed by atoms with Crippen molar-refractivity contribution in [2.24, 2.45) is 0 Å². The maximum Gasteiger partial charge on any atom is 0.247 e. The van der Waals surface area contributed by atoms with Crippen molar-refractivity contribution >= 4 is 28.2 Å². The molecule has 3 N–H and O–H groups in total. The fraction of sp³-hybridized carbons (Fsp3) is 0. The monoisotopic (exact) mass is 477 g/mol. The molecule has 0 bridgehead atoms. The van der Waals surface area contributed by atoms with Gasteiger partial charge in [0, 0.05) is 52.3 Å². The Hall–Kier alpha value is -5.11. The van der Waals surface area contributed by atoms with Crippen LogP contribution in [-0.2, 0) is 4.79 Å². The van der Waals surface area contributed by atoms with E-state index in [2.05, 4.69) is 26.8 Å². The number of hydrogen-bond donors (Lipinski definition) is 2. The van der Waals surface area contributed by atoms with Gasteiger partial charge in [-0.05, 0) is 48.0 Å². The molecular formula is C28H20FN5O2. The topological polar surface area (TPSA) is 103 Å². The summed E-state index contributed by atoms with van der Waals surface area (Å²) in [6, 6.07) is 18.8. The van der Waals surface area contributed by atoms with E-state index in [4.69, 9.17) is 10.5 Å². The molecule has 2 heterocycles. The summed E-state index contributed by atoms with van der Waals surface area (Å²) in [5.74, 6) is -0.169. The molecule has 0 unspecified atom stereocenters. The van der Waals surface area contributed by atoms with Gasteiger partial charge in [-0.1, -0.05) is 24.8 Å². The Kier molecular flexibility index (Phi) is 6.07. The number of amides is 1. The summed E-state index contributed by atoms with van der Waals surface area (Å²) in [7, 11) is 0. The lowest BCUT2D eigenvalue weighted by molar-refractivity contribution is -0.111. The van der Waals surface area contributed by atoms with Gasteiger partial charge in [0.15, 0.2) is 0 Å². The fourth-order valence-corrected chi connectivity index (χ4v) is 3.88. The van der Waals surface area contributed by atoms with Crippen LogP contribution in [0.1, 0.15) is 0 Å². The van der Waals surface area contributed by atoms with Crippen molar-refractivity contribution < 1.29 is 13.9 Å². The molecule has 8 heteroatoms. The Bertz CT molecular complexity index is 1610. The summed E-state index contributed by atoms with van der Waals surface area (Å²) in [5, 5.41) is 3.33. The van der Waals surface area contributed by atoms with Gasteiger partial charge >= 0.3 is 0 Å². The lowest BCUT2D eigenvalue weighted by Gasteiger charge is -2.15. The van der Waals surface area contributed by atoms with Crippen molar-refractivity contribution in [3.8, 4) is 33.9 Å². The molecule has 3 aromatic carbocycles. The molecule has 0 aliphatic rings. The van der Waals surface area contributed by atoms with E-state index in [0.29, 0.717) is 50.6 Å². The predicted octanol–water partition coefficient (Wildman–Crippen LogP) is 6.00. The van der Waals surface area contributed by atoms with Gasteiger partial charge in [-0.25, -0.2) is 19.3 Å². The highest BCUT2D eigenvalue weighted by Crippen LogP contribution is 2.40. The Morgan fingerprint density at radius 2 is 1.89 bits per heavy atom. The lowest BCUT2D eigenvalue weighted by Crippen LogP contribution is -2.07. The van der Waals surface area contributed by atoms with Crippen LogP contribution in [0.3, 0.4) is 0 Å². The van der Waals surface area contributed by atoms with Crippen molar-refractivity contribution in [2.45, 2.75) is 0 Å². The summed E-state index contributed by atoms with van der Waals surface area (Å²) in [6.07, 6.45) is 5.82. The number of ether oxygens (including phenoxy) is 1. The first-order chi connectivity index (χ1) is 17.5. The first-order valence-electron chi connectivity index (χ1n) is 11.0. The Morgan fingerprint density at radius 1 is 1.00 bits per heavy atom. The first-order valence-corrected chi connectivity index (χ1v) is 11.0. The van der Waals surface area contributed by atoms with Gasteiger partial charge in [0.2, 0.25) is 11.8 Å². The third-order valence-corrected chi connectivity index (χ3v) is 5.55. The van der Waals surface area contributed by atoms with Gasteiger partial charge in [0.25, 0.3) is 0 Å². The maximum atomic E-state index is 15.4. The summed E-state index contributed by atoms with van der Waals surface area (Å²) in [5.41, 5.74) is 10.3. The van der Waals surface area contributed by atoms with Gasteiger partial charge in [0.05, 0.1) is 11.2 Å². The van der Waals surface area contributed by atoms with Crippen LogP contribution >= 0.6 is 0 Å². The molecule has 0 saturated heterocycles. The van der Waals surface area contributed by atoms with E-state index in [1.807, 2.05) is 6.07 Å². The molecular weight excluding hydrogens is 457 g/mol. The number of fused-ring (bicyclic) bond motifs is 1. The zero-order valence-electron chi connectivity index (χ0n) is 19.0. The molecule has 0 saturated carbocycles. The zero-order chi connectivity index (χ0) is 25.1. The zero-order valence-corrected chi connectivity index (χ0v) is 19.0.